The van der Waals surface area contributed by atoms with Gasteiger partial charge in [0.25, 0.3) is 0 Å². The average Bonchev–Trinajstić information content (AvgIpc) is 3.53. The van der Waals surface area contributed by atoms with Crippen molar-refractivity contribution in [2.75, 3.05) is 0 Å². The molecule has 11 rings (SSSR count). The normalized spacial score (nSPS) is 12.7. The van der Waals surface area contributed by atoms with E-state index in [4.69, 9.17) is 9.97 Å². The minimum Gasteiger partial charge on any atom is -0.228 e. The molecule has 0 spiro atoms. The van der Waals surface area contributed by atoms with Crippen LogP contribution in [0.1, 0.15) is 25.0 Å². The molecule has 1 aliphatic rings. The van der Waals surface area contributed by atoms with Crippen molar-refractivity contribution in [2.45, 2.75) is 19.3 Å². The lowest BCUT2D eigenvalue weighted by atomic mass is 9.81. The molecule has 2 nitrogen and oxygen atoms in total. The highest BCUT2D eigenvalue weighted by Gasteiger charge is 2.37. The molecule has 0 aliphatic heterocycles. The first-order valence-electron chi connectivity index (χ1n) is 20.4. The third-order valence-corrected chi connectivity index (χ3v) is 12.3. The Kier molecular flexibility index (Phi) is 8.20. The predicted octanol–water partition coefficient (Wildman–Crippen LogP) is 15.1. The van der Waals surface area contributed by atoms with Gasteiger partial charge in [0.1, 0.15) is 0 Å². The minimum absolute atomic E-state index is 0.158. The summed E-state index contributed by atoms with van der Waals surface area (Å²) in [7, 11) is 0. The molecule has 0 radical (unpaired) electrons. The first-order valence-corrected chi connectivity index (χ1v) is 20.4. The summed E-state index contributed by atoms with van der Waals surface area (Å²) in [6.07, 6.45) is 0. The number of hydrogen-bond acceptors (Lipinski definition) is 2. The van der Waals surface area contributed by atoms with Gasteiger partial charge in [-0.2, -0.15) is 0 Å². The number of nitrogens with zero attached hydrogens (tertiary/aromatic N) is 2. The molecule has 0 N–H and O–H groups in total. The summed E-state index contributed by atoms with van der Waals surface area (Å²) in [4.78, 5) is 10.7. The summed E-state index contributed by atoms with van der Waals surface area (Å²) >= 11 is 0. The SMILES string of the molecule is CC1(C)c2cc3ccccc3cc2-c2c(-c3cc(-c4ccc(-c5ccccc5-c5ccc(-c6ccccc6)cc5)c5ccccc45)nc(-c4ccccc4)n3)cccc21. The fraction of sp³-hybridized carbons (Fsp3) is 0.0526. The van der Waals surface area contributed by atoms with Crippen molar-refractivity contribution in [3.05, 3.63) is 217 Å². The molecule has 59 heavy (non-hydrogen) atoms. The van der Waals surface area contributed by atoms with Gasteiger partial charge in [0.2, 0.25) is 0 Å². The number of benzene rings is 9. The zero-order valence-electron chi connectivity index (χ0n) is 33.0. The highest BCUT2D eigenvalue weighted by atomic mass is 14.9. The molecule has 0 amide bonds. The molecule has 0 atom stereocenters. The number of hydrogen-bond donors (Lipinski definition) is 0. The molecule has 0 saturated heterocycles. The Hall–Kier alpha value is -7.42. The van der Waals surface area contributed by atoms with Crippen molar-refractivity contribution >= 4 is 21.5 Å². The Morgan fingerprint density at radius 3 is 1.58 bits per heavy atom. The fourth-order valence-corrected chi connectivity index (χ4v) is 9.33. The largest absolute Gasteiger partial charge is 0.228 e. The first-order chi connectivity index (χ1) is 29.0. The molecular weight excluding hydrogens is 713 g/mol. The van der Waals surface area contributed by atoms with Crippen LogP contribution in [0.5, 0.6) is 0 Å². The summed E-state index contributed by atoms with van der Waals surface area (Å²) in [5, 5.41) is 4.85. The lowest BCUT2D eigenvalue weighted by Crippen LogP contribution is -2.14. The molecule has 278 valence electrons. The first kappa shape index (κ1) is 34.8. The van der Waals surface area contributed by atoms with Crippen molar-refractivity contribution in [1.29, 1.82) is 0 Å². The monoisotopic (exact) mass is 752 g/mol. The molecule has 1 aromatic heterocycles. The van der Waals surface area contributed by atoms with E-state index in [0.29, 0.717) is 5.82 Å². The standard InChI is InChI=1S/C57H40N2/c1-57(2)51-27-15-26-49(55(51)50-34-41-20-9-10-21-42(41)35-52(50)57)54-36-53(58-56(59-54)40-18-7-4-8-19-40)48-33-32-47(45-24-13-14-25-46(45)48)44-23-12-11-22-43(44)39-30-28-38(29-31-39)37-16-5-3-6-17-37/h3-36H,1-2H3. The summed E-state index contributed by atoms with van der Waals surface area (Å²) in [6, 6.07) is 74.3. The van der Waals surface area contributed by atoms with Gasteiger partial charge in [-0.3, -0.25) is 0 Å². The van der Waals surface area contributed by atoms with Gasteiger partial charge < -0.3 is 0 Å². The van der Waals surface area contributed by atoms with E-state index >= 15 is 0 Å². The average molecular weight is 753 g/mol. The van der Waals surface area contributed by atoms with Gasteiger partial charge in [0.15, 0.2) is 5.82 Å². The number of rotatable bonds is 6. The van der Waals surface area contributed by atoms with Crippen LogP contribution in [0.15, 0.2) is 206 Å². The molecule has 2 heteroatoms. The van der Waals surface area contributed by atoms with Gasteiger partial charge in [0.05, 0.1) is 11.4 Å². The Balaban J connectivity index is 1.08. The van der Waals surface area contributed by atoms with Gasteiger partial charge in [-0.05, 0) is 95.4 Å². The van der Waals surface area contributed by atoms with Crippen LogP contribution < -0.4 is 0 Å². The lowest BCUT2D eigenvalue weighted by molar-refractivity contribution is 0.661. The smallest absolute Gasteiger partial charge is 0.160 e. The van der Waals surface area contributed by atoms with Crippen LogP contribution in [0.2, 0.25) is 0 Å². The van der Waals surface area contributed by atoms with Crippen molar-refractivity contribution in [1.82, 2.24) is 9.97 Å². The zero-order valence-corrected chi connectivity index (χ0v) is 33.0. The molecule has 10 aromatic rings. The van der Waals surface area contributed by atoms with E-state index in [-0.39, 0.29) is 5.41 Å². The summed E-state index contributed by atoms with van der Waals surface area (Å²) in [5.41, 5.74) is 17.3. The quantitative estimate of drug-likeness (QED) is 0.169. The van der Waals surface area contributed by atoms with Crippen molar-refractivity contribution < 1.29 is 0 Å². The molecule has 1 aliphatic carbocycles. The van der Waals surface area contributed by atoms with E-state index in [1.165, 1.54) is 71.8 Å². The Morgan fingerprint density at radius 1 is 0.322 bits per heavy atom. The number of aromatic nitrogens is 2. The predicted molar refractivity (Wildman–Crippen MR) is 247 cm³/mol. The maximum absolute atomic E-state index is 5.36. The maximum atomic E-state index is 5.36. The van der Waals surface area contributed by atoms with E-state index < -0.39 is 0 Å². The Labute approximate surface area is 345 Å². The van der Waals surface area contributed by atoms with Gasteiger partial charge >= 0.3 is 0 Å². The molecule has 0 unspecified atom stereocenters. The third kappa shape index (κ3) is 5.87. The van der Waals surface area contributed by atoms with Crippen LogP contribution in [-0.2, 0) is 5.41 Å². The van der Waals surface area contributed by atoms with E-state index in [2.05, 4.69) is 214 Å². The molecule has 1 heterocycles. The van der Waals surface area contributed by atoms with Gasteiger partial charge in [0, 0.05) is 22.1 Å². The van der Waals surface area contributed by atoms with Crippen molar-refractivity contribution in [2.24, 2.45) is 0 Å². The van der Waals surface area contributed by atoms with Crippen LogP contribution in [-0.4, -0.2) is 9.97 Å². The molecule has 0 saturated carbocycles. The topological polar surface area (TPSA) is 25.8 Å². The van der Waals surface area contributed by atoms with Crippen molar-refractivity contribution in [3.63, 3.8) is 0 Å². The lowest BCUT2D eigenvalue weighted by Gasteiger charge is -2.22. The summed E-state index contributed by atoms with van der Waals surface area (Å²) < 4.78 is 0. The van der Waals surface area contributed by atoms with E-state index in [1.54, 1.807) is 0 Å². The molecular formula is C57H40N2. The van der Waals surface area contributed by atoms with Gasteiger partial charge in [-0.15, -0.1) is 0 Å². The third-order valence-electron chi connectivity index (χ3n) is 12.3. The van der Waals surface area contributed by atoms with Crippen LogP contribution in [0.3, 0.4) is 0 Å². The maximum Gasteiger partial charge on any atom is 0.160 e. The van der Waals surface area contributed by atoms with E-state index in [1.807, 2.05) is 6.07 Å². The second-order valence-corrected chi connectivity index (χ2v) is 16.1. The van der Waals surface area contributed by atoms with Crippen LogP contribution in [0, 0.1) is 0 Å². The van der Waals surface area contributed by atoms with Crippen LogP contribution in [0.25, 0.3) is 100.0 Å². The second kappa shape index (κ2) is 13.9. The van der Waals surface area contributed by atoms with Crippen molar-refractivity contribution in [3.8, 4) is 78.4 Å². The molecule has 0 bridgehead atoms. The zero-order chi connectivity index (χ0) is 39.5. The highest BCUT2D eigenvalue weighted by molar-refractivity contribution is 6.07. The van der Waals surface area contributed by atoms with Gasteiger partial charge in [-0.1, -0.05) is 202 Å². The fourth-order valence-electron chi connectivity index (χ4n) is 9.33. The summed E-state index contributed by atoms with van der Waals surface area (Å²) in [6.45, 7) is 4.70. The second-order valence-electron chi connectivity index (χ2n) is 16.1. The minimum atomic E-state index is -0.158. The van der Waals surface area contributed by atoms with E-state index in [0.717, 1.165) is 33.5 Å². The number of fused-ring (bicyclic) bond motifs is 5. The molecule has 0 fully saturated rings. The molecule has 9 aromatic carbocycles. The van der Waals surface area contributed by atoms with Gasteiger partial charge in [-0.25, -0.2) is 9.97 Å². The van der Waals surface area contributed by atoms with Crippen LogP contribution >= 0.6 is 0 Å². The van der Waals surface area contributed by atoms with Crippen LogP contribution in [0.4, 0.5) is 0 Å². The summed E-state index contributed by atoms with van der Waals surface area (Å²) in [5.74, 6) is 0.712. The highest BCUT2D eigenvalue weighted by Crippen LogP contribution is 2.53. The Morgan fingerprint density at radius 2 is 0.847 bits per heavy atom. The van der Waals surface area contributed by atoms with E-state index in [9.17, 15) is 0 Å². The Bertz CT molecular complexity index is 3220.